The Balaban J connectivity index is 1.76. The number of hydrogen-bond donors (Lipinski definition) is 2. The Hall–Kier alpha value is -3.59. The van der Waals surface area contributed by atoms with Crippen molar-refractivity contribution in [1.29, 1.82) is 5.26 Å². The molecule has 27 heavy (non-hydrogen) atoms. The number of nitrogen functional groups attached to an aromatic ring is 1. The third kappa shape index (κ3) is 2.40. The number of nitrogens with zero attached hydrogens (tertiary/aromatic N) is 4. The molecular weight excluding hydrogens is 336 g/mol. The molecule has 6 nitrogen and oxygen atoms in total. The number of H-pyrrole nitrogens is 1. The van der Waals surface area contributed by atoms with Crippen molar-refractivity contribution in [1.82, 2.24) is 19.7 Å². The van der Waals surface area contributed by atoms with Crippen LogP contribution in [0.25, 0.3) is 33.3 Å². The molecule has 0 atom stereocenters. The first kappa shape index (κ1) is 15.6. The quantitative estimate of drug-likeness (QED) is 0.582. The smallest absolute Gasteiger partial charge is 0.142 e. The maximum absolute atomic E-state index is 9.70. The number of pyridine rings is 1. The first-order chi connectivity index (χ1) is 13.2. The summed E-state index contributed by atoms with van der Waals surface area (Å²) in [6, 6.07) is 12.3. The third-order valence-corrected chi connectivity index (χ3v) is 5.26. The second-order valence-corrected chi connectivity index (χ2v) is 7.02. The summed E-state index contributed by atoms with van der Waals surface area (Å²) in [4.78, 5) is 7.80. The molecule has 3 N–H and O–H groups in total. The molecule has 0 radical (unpaired) electrons. The van der Waals surface area contributed by atoms with Gasteiger partial charge in [-0.25, -0.2) is 4.98 Å². The van der Waals surface area contributed by atoms with Gasteiger partial charge in [0.25, 0.3) is 0 Å². The van der Waals surface area contributed by atoms with Crippen molar-refractivity contribution in [2.75, 3.05) is 5.73 Å². The van der Waals surface area contributed by atoms with Gasteiger partial charge in [-0.3, -0.25) is 4.68 Å². The molecule has 0 amide bonds. The second-order valence-electron chi connectivity index (χ2n) is 7.02. The lowest BCUT2D eigenvalue weighted by Crippen LogP contribution is -2.01. The van der Waals surface area contributed by atoms with Crippen LogP contribution in [0, 0.1) is 11.3 Å². The molecule has 0 aliphatic heterocycles. The number of aromatic amines is 1. The molecule has 3 heterocycles. The van der Waals surface area contributed by atoms with E-state index in [2.05, 4.69) is 27.2 Å². The summed E-state index contributed by atoms with van der Waals surface area (Å²) in [6.07, 6.45) is 6.09. The van der Waals surface area contributed by atoms with E-state index < -0.39 is 0 Å². The summed E-state index contributed by atoms with van der Waals surface area (Å²) in [6.45, 7) is 0. The van der Waals surface area contributed by atoms with E-state index in [9.17, 15) is 5.26 Å². The number of fused-ring (bicyclic) bond motifs is 1. The fourth-order valence-corrected chi connectivity index (χ4v) is 3.81. The van der Waals surface area contributed by atoms with Crippen molar-refractivity contribution in [2.45, 2.75) is 18.8 Å². The van der Waals surface area contributed by atoms with Gasteiger partial charge in [0.05, 0.1) is 11.9 Å². The Labute approximate surface area is 156 Å². The van der Waals surface area contributed by atoms with Crippen molar-refractivity contribution >= 4 is 16.7 Å². The van der Waals surface area contributed by atoms with E-state index in [0.29, 0.717) is 11.5 Å². The van der Waals surface area contributed by atoms with Gasteiger partial charge in [0.2, 0.25) is 0 Å². The fourth-order valence-electron chi connectivity index (χ4n) is 3.81. The summed E-state index contributed by atoms with van der Waals surface area (Å²) in [7, 11) is 1.95. The van der Waals surface area contributed by atoms with Gasteiger partial charge in [-0.1, -0.05) is 18.2 Å². The summed E-state index contributed by atoms with van der Waals surface area (Å²) in [5, 5.41) is 15.2. The Morgan fingerprint density at radius 1 is 1.22 bits per heavy atom. The van der Waals surface area contributed by atoms with Crippen LogP contribution in [0.5, 0.6) is 0 Å². The number of benzene rings is 1. The van der Waals surface area contributed by atoms with Crippen LogP contribution >= 0.6 is 0 Å². The van der Waals surface area contributed by atoms with Gasteiger partial charge in [0.1, 0.15) is 17.5 Å². The van der Waals surface area contributed by atoms with E-state index in [1.54, 1.807) is 0 Å². The molecule has 0 bridgehead atoms. The predicted octanol–water partition coefficient (Wildman–Crippen LogP) is 3.96. The summed E-state index contributed by atoms with van der Waals surface area (Å²) in [5.41, 5.74) is 12.3. The largest absolute Gasteiger partial charge is 0.383 e. The lowest BCUT2D eigenvalue weighted by molar-refractivity contribution is 0.714. The van der Waals surface area contributed by atoms with E-state index in [4.69, 9.17) is 5.73 Å². The van der Waals surface area contributed by atoms with E-state index in [-0.39, 0.29) is 5.82 Å². The van der Waals surface area contributed by atoms with Crippen molar-refractivity contribution in [2.24, 2.45) is 7.05 Å². The minimum Gasteiger partial charge on any atom is -0.383 e. The number of rotatable bonds is 3. The average molecular weight is 354 g/mol. The lowest BCUT2D eigenvalue weighted by Gasteiger charge is -2.11. The van der Waals surface area contributed by atoms with Crippen molar-refractivity contribution in [3.63, 3.8) is 0 Å². The number of hydrogen-bond acceptors (Lipinski definition) is 4. The molecule has 1 aliphatic carbocycles. The Bertz CT molecular complexity index is 1220. The topological polar surface area (TPSA) is 96.3 Å². The number of nitrogens with one attached hydrogen (secondary N) is 1. The molecule has 1 saturated carbocycles. The predicted molar refractivity (Wildman–Crippen MR) is 105 cm³/mol. The molecule has 132 valence electrons. The fraction of sp³-hybridized carbons (Fsp3) is 0.190. The molecule has 1 fully saturated rings. The standard InChI is InChI=1S/C21H18N6/c1-27-20(12-6-7-12)17(11-25-27)14-8-19(26-21(23)15(14)9-22)16-10-24-18-5-3-2-4-13(16)18/h2-5,8,10-12,24H,6-7H2,1H3,(H2,23,26). The number of para-hydroxylation sites is 1. The van der Waals surface area contributed by atoms with Gasteiger partial charge in [-0.05, 0) is 25.0 Å². The molecule has 1 aromatic carbocycles. The SMILES string of the molecule is Cn1ncc(-c2cc(-c3c[nH]c4ccccc34)nc(N)c2C#N)c1C1CC1. The molecule has 3 aromatic heterocycles. The Kier molecular flexibility index (Phi) is 3.31. The zero-order valence-corrected chi connectivity index (χ0v) is 14.9. The van der Waals surface area contributed by atoms with E-state index in [0.717, 1.165) is 46.1 Å². The van der Waals surface area contributed by atoms with Crippen molar-refractivity contribution in [3.8, 4) is 28.5 Å². The first-order valence-corrected chi connectivity index (χ1v) is 8.96. The number of aryl methyl sites for hydroxylation is 1. The normalized spacial score (nSPS) is 13.8. The second kappa shape index (κ2) is 5.71. The zero-order chi connectivity index (χ0) is 18.5. The maximum Gasteiger partial charge on any atom is 0.142 e. The summed E-state index contributed by atoms with van der Waals surface area (Å²) < 4.78 is 1.91. The highest BCUT2D eigenvalue weighted by Crippen LogP contribution is 2.45. The molecular formula is C21H18N6. The molecule has 4 aromatic rings. The van der Waals surface area contributed by atoms with Gasteiger partial charge in [-0.2, -0.15) is 10.4 Å². The van der Waals surface area contributed by atoms with Crippen LogP contribution in [0.1, 0.15) is 30.0 Å². The lowest BCUT2D eigenvalue weighted by atomic mass is 9.97. The zero-order valence-electron chi connectivity index (χ0n) is 14.9. The van der Waals surface area contributed by atoms with Gasteiger partial charge >= 0.3 is 0 Å². The number of aromatic nitrogens is 4. The van der Waals surface area contributed by atoms with Gasteiger partial charge < -0.3 is 10.7 Å². The minimum absolute atomic E-state index is 0.251. The summed E-state index contributed by atoms with van der Waals surface area (Å²) >= 11 is 0. The number of nitrogens with two attached hydrogens (primary N) is 1. The van der Waals surface area contributed by atoms with E-state index in [1.165, 1.54) is 5.69 Å². The van der Waals surface area contributed by atoms with Crippen LogP contribution in [-0.4, -0.2) is 19.7 Å². The van der Waals surface area contributed by atoms with Crippen LogP contribution in [-0.2, 0) is 7.05 Å². The van der Waals surface area contributed by atoms with Crippen LogP contribution in [0.15, 0.2) is 42.7 Å². The van der Waals surface area contributed by atoms with Crippen molar-refractivity contribution in [3.05, 3.63) is 54.0 Å². The molecule has 1 aliphatic rings. The molecule has 0 spiro atoms. The van der Waals surface area contributed by atoms with Crippen molar-refractivity contribution < 1.29 is 0 Å². The highest BCUT2D eigenvalue weighted by atomic mass is 15.3. The van der Waals surface area contributed by atoms with Gasteiger partial charge in [0, 0.05) is 52.4 Å². The maximum atomic E-state index is 9.70. The van der Waals surface area contributed by atoms with Crippen LogP contribution in [0.4, 0.5) is 5.82 Å². The first-order valence-electron chi connectivity index (χ1n) is 8.96. The molecule has 6 heteroatoms. The van der Waals surface area contributed by atoms with Crippen LogP contribution in [0.3, 0.4) is 0 Å². The Morgan fingerprint density at radius 3 is 2.81 bits per heavy atom. The highest BCUT2D eigenvalue weighted by molar-refractivity contribution is 5.96. The Morgan fingerprint density at radius 2 is 2.04 bits per heavy atom. The number of anilines is 1. The third-order valence-electron chi connectivity index (χ3n) is 5.26. The molecule has 0 saturated heterocycles. The molecule has 0 unspecified atom stereocenters. The van der Waals surface area contributed by atoms with Gasteiger partial charge in [0.15, 0.2) is 0 Å². The highest BCUT2D eigenvalue weighted by Gasteiger charge is 2.31. The van der Waals surface area contributed by atoms with Gasteiger partial charge in [-0.15, -0.1) is 0 Å². The summed E-state index contributed by atoms with van der Waals surface area (Å²) in [5.74, 6) is 0.755. The minimum atomic E-state index is 0.251. The van der Waals surface area contributed by atoms with Crippen LogP contribution < -0.4 is 5.73 Å². The van der Waals surface area contributed by atoms with E-state index in [1.807, 2.05) is 48.4 Å². The number of nitriles is 1. The van der Waals surface area contributed by atoms with E-state index >= 15 is 0 Å². The average Bonchev–Trinajstić information content (AvgIpc) is 3.29. The van der Waals surface area contributed by atoms with Crippen LogP contribution in [0.2, 0.25) is 0 Å². The monoisotopic (exact) mass is 354 g/mol. The molecule has 5 rings (SSSR count).